The molecule has 0 aromatic heterocycles. The number of urea groups is 1. The fourth-order valence-corrected chi connectivity index (χ4v) is 1.67. The van der Waals surface area contributed by atoms with Gasteiger partial charge in [0.25, 0.3) is 0 Å². The zero-order valence-corrected chi connectivity index (χ0v) is 11.4. The van der Waals surface area contributed by atoms with E-state index in [1.54, 1.807) is 18.7 Å². The number of nitrogens with one attached hydrogen (secondary N) is 2. The van der Waals surface area contributed by atoms with Crippen LogP contribution in [0.3, 0.4) is 0 Å². The van der Waals surface area contributed by atoms with E-state index in [0.717, 1.165) is 5.75 Å². The van der Waals surface area contributed by atoms with E-state index in [0.29, 0.717) is 31.7 Å². The Balaban J connectivity index is 3.38. The standard InChI is InChI=1S/C12H20N2O3S/c1-3-8-18-9-7-14-12(17)13-6-4-5-10(2)11(15)16/h1,10H,4-9H2,2H3,(H,15,16)(H2,13,14,17). The molecule has 0 aliphatic rings. The summed E-state index contributed by atoms with van der Waals surface area (Å²) in [5.74, 6) is 2.77. The lowest BCUT2D eigenvalue weighted by Crippen LogP contribution is -2.37. The number of amides is 2. The molecule has 0 heterocycles. The Morgan fingerprint density at radius 3 is 2.67 bits per heavy atom. The fourth-order valence-electron chi connectivity index (χ4n) is 1.16. The highest BCUT2D eigenvalue weighted by Gasteiger charge is 2.09. The van der Waals surface area contributed by atoms with Crippen LogP contribution in [0, 0.1) is 18.3 Å². The summed E-state index contributed by atoms with van der Waals surface area (Å²) in [4.78, 5) is 21.8. The molecule has 102 valence electrons. The van der Waals surface area contributed by atoms with Gasteiger partial charge < -0.3 is 15.7 Å². The Morgan fingerprint density at radius 1 is 1.39 bits per heavy atom. The van der Waals surface area contributed by atoms with Crippen LogP contribution in [0.2, 0.25) is 0 Å². The summed E-state index contributed by atoms with van der Waals surface area (Å²) in [6.07, 6.45) is 6.31. The smallest absolute Gasteiger partial charge is 0.314 e. The minimum Gasteiger partial charge on any atom is -0.481 e. The molecular weight excluding hydrogens is 252 g/mol. The predicted molar refractivity (Wildman–Crippen MR) is 73.6 cm³/mol. The van der Waals surface area contributed by atoms with E-state index in [1.165, 1.54) is 0 Å². The molecule has 0 saturated heterocycles. The van der Waals surface area contributed by atoms with Crippen LogP contribution in [0.1, 0.15) is 19.8 Å². The average molecular weight is 272 g/mol. The molecule has 6 heteroatoms. The predicted octanol–water partition coefficient (Wildman–Crippen LogP) is 1.15. The van der Waals surface area contributed by atoms with E-state index in [-0.39, 0.29) is 11.9 Å². The lowest BCUT2D eigenvalue weighted by atomic mass is 10.1. The maximum absolute atomic E-state index is 11.3. The van der Waals surface area contributed by atoms with Crippen molar-refractivity contribution in [2.24, 2.45) is 5.92 Å². The summed E-state index contributed by atoms with van der Waals surface area (Å²) in [5.41, 5.74) is 0. The molecule has 0 saturated carbocycles. The minimum absolute atomic E-state index is 0.223. The summed E-state index contributed by atoms with van der Waals surface area (Å²) >= 11 is 1.59. The minimum atomic E-state index is -0.801. The Morgan fingerprint density at radius 2 is 2.06 bits per heavy atom. The van der Waals surface area contributed by atoms with Crippen LogP contribution >= 0.6 is 11.8 Å². The van der Waals surface area contributed by atoms with Crippen LogP contribution in [-0.4, -0.2) is 41.7 Å². The molecule has 0 aliphatic heterocycles. The van der Waals surface area contributed by atoms with Crippen molar-refractivity contribution in [1.29, 1.82) is 0 Å². The lowest BCUT2D eigenvalue weighted by Gasteiger charge is -2.08. The van der Waals surface area contributed by atoms with Crippen LogP contribution in [0.5, 0.6) is 0 Å². The Labute approximate surface area is 112 Å². The summed E-state index contributed by atoms with van der Waals surface area (Å²) in [5, 5.41) is 14.0. The number of carbonyl (C=O) groups is 2. The first-order chi connectivity index (χ1) is 8.57. The monoisotopic (exact) mass is 272 g/mol. The molecule has 18 heavy (non-hydrogen) atoms. The molecule has 0 aliphatic carbocycles. The first kappa shape index (κ1) is 16.6. The molecule has 0 aromatic carbocycles. The van der Waals surface area contributed by atoms with Gasteiger partial charge in [0.1, 0.15) is 0 Å². The third kappa shape index (κ3) is 9.85. The number of rotatable bonds is 9. The maximum atomic E-state index is 11.3. The first-order valence-electron chi connectivity index (χ1n) is 5.83. The largest absolute Gasteiger partial charge is 0.481 e. The molecule has 1 unspecified atom stereocenters. The number of carboxylic acid groups (broad SMARTS) is 1. The van der Waals surface area contributed by atoms with E-state index >= 15 is 0 Å². The Bertz CT molecular complexity index is 302. The van der Waals surface area contributed by atoms with Gasteiger partial charge in [0, 0.05) is 18.8 Å². The molecule has 0 radical (unpaired) electrons. The molecular formula is C12H20N2O3S. The molecule has 1 atom stereocenters. The quantitative estimate of drug-likeness (QED) is 0.434. The van der Waals surface area contributed by atoms with Gasteiger partial charge in [-0.2, -0.15) is 0 Å². The van der Waals surface area contributed by atoms with Crippen molar-refractivity contribution in [3.63, 3.8) is 0 Å². The molecule has 3 N–H and O–H groups in total. The van der Waals surface area contributed by atoms with E-state index < -0.39 is 5.97 Å². The van der Waals surface area contributed by atoms with Gasteiger partial charge in [-0.15, -0.1) is 18.2 Å². The zero-order valence-electron chi connectivity index (χ0n) is 10.6. The summed E-state index contributed by atoms with van der Waals surface area (Å²) in [6.45, 7) is 2.72. The number of hydrogen-bond donors (Lipinski definition) is 3. The Hall–Kier alpha value is -1.35. The number of carboxylic acids is 1. The van der Waals surface area contributed by atoms with Gasteiger partial charge in [-0.3, -0.25) is 4.79 Å². The topological polar surface area (TPSA) is 78.4 Å². The van der Waals surface area contributed by atoms with Crippen molar-refractivity contribution in [3.05, 3.63) is 0 Å². The van der Waals surface area contributed by atoms with Crippen molar-refractivity contribution in [1.82, 2.24) is 10.6 Å². The number of terminal acetylenes is 1. The van der Waals surface area contributed by atoms with Gasteiger partial charge in [0.05, 0.1) is 11.7 Å². The van der Waals surface area contributed by atoms with Crippen LogP contribution in [0.25, 0.3) is 0 Å². The normalized spacial score (nSPS) is 11.3. The average Bonchev–Trinajstić information content (AvgIpc) is 2.34. The van der Waals surface area contributed by atoms with Crippen molar-refractivity contribution >= 4 is 23.8 Å². The second-order valence-electron chi connectivity index (χ2n) is 3.82. The van der Waals surface area contributed by atoms with Crippen molar-refractivity contribution in [2.75, 3.05) is 24.6 Å². The molecule has 0 spiro atoms. The van der Waals surface area contributed by atoms with E-state index in [9.17, 15) is 9.59 Å². The lowest BCUT2D eigenvalue weighted by molar-refractivity contribution is -0.141. The van der Waals surface area contributed by atoms with Crippen LogP contribution in [0.15, 0.2) is 0 Å². The van der Waals surface area contributed by atoms with Gasteiger partial charge in [-0.25, -0.2) is 4.79 Å². The Kier molecular flexibility index (Phi) is 9.97. The van der Waals surface area contributed by atoms with Gasteiger partial charge >= 0.3 is 12.0 Å². The highest BCUT2D eigenvalue weighted by molar-refractivity contribution is 7.99. The second-order valence-corrected chi connectivity index (χ2v) is 4.93. The first-order valence-corrected chi connectivity index (χ1v) is 6.99. The van der Waals surface area contributed by atoms with Gasteiger partial charge in [0.2, 0.25) is 0 Å². The molecule has 2 amide bonds. The molecule has 0 aromatic rings. The zero-order chi connectivity index (χ0) is 13.8. The highest BCUT2D eigenvalue weighted by atomic mass is 32.2. The van der Waals surface area contributed by atoms with E-state index in [4.69, 9.17) is 11.5 Å². The fraction of sp³-hybridized carbons (Fsp3) is 0.667. The van der Waals surface area contributed by atoms with Gasteiger partial charge in [-0.1, -0.05) is 12.8 Å². The summed E-state index contributed by atoms with van der Waals surface area (Å²) < 4.78 is 0. The van der Waals surface area contributed by atoms with Crippen LogP contribution < -0.4 is 10.6 Å². The van der Waals surface area contributed by atoms with E-state index in [1.807, 2.05) is 0 Å². The van der Waals surface area contributed by atoms with Crippen molar-refractivity contribution in [3.8, 4) is 12.3 Å². The number of hydrogen-bond acceptors (Lipinski definition) is 3. The van der Waals surface area contributed by atoms with E-state index in [2.05, 4.69) is 16.6 Å². The molecule has 0 fully saturated rings. The molecule has 0 rings (SSSR count). The van der Waals surface area contributed by atoms with Crippen molar-refractivity contribution < 1.29 is 14.7 Å². The number of thioether (sulfide) groups is 1. The summed E-state index contributed by atoms with van der Waals surface area (Å²) in [6, 6.07) is -0.223. The third-order valence-corrected chi connectivity index (χ3v) is 3.10. The SMILES string of the molecule is C#CCSCCNC(=O)NCCCC(C)C(=O)O. The van der Waals surface area contributed by atoms with Crippen LogP contribution in [0.4, 0.5) is 4.79 Å². The third-order valence-electron chi connectivity index (χ3n) is 2.24. The van der Waals surface area contributed by atoms with Gasteiger partial charge in [0.15, 0.2) is 0 Å². The number of aliphatic carboxylic acids is 1. The molecule has 0 bridgehead atoms. The number of carbonyl (C=O) groups excluding carboxylic acids is 1. The second kappa shape index (κ2) is 10.8. The van der Waals surface area contributed by atoms with Crippen molar-refractivity contribution in [2.45, 2.75) is 19.8 Å². The van der Waals surface area contributed by atoms with Crippen LogP contribution in [-0.2, 0) is 4.79 Å². The van der Waals surface area contributed by atoms with Gasteiger partial charge in [-0.05, 0) is 12.8 Å². The molecule has 5 nitrogen and oxygen atoms in total. The maximum Gasteiger partial charge on any atom is 0.314 e. The summed E-state index contributed by atoms with van der Waals surface area (Å²) in [7, 11) is 0. The highest BCUT2D eigenvalue weighted by Crippen LogP contribution is 2.03.